The van der Waals surface area contributed by atoms with Gasteiger partial charge in [-0.25, -0.2) is 4.79 Å². The second kappa shape index (κ2) is 4.85. The van der Waals surface area contributed by atoms with Gasteiger partial charge in [-0.05, 0) is 43.2 Å². The van der Waals surface area contributed by atoms with Gasteiger partial charge in [-0.15, -0.1) is 0 Å². The third-order valence-electron chi connectivity index (χ3n) is 6.90. The predicted molar refractivity (Wildman–Crippen MR) is 92.7 cm³/mol. The van der Waals surface area contributed by atoms with Crippen LogP contribution < -0.4 is 5.32 Å². The largest absolute Gasteiger partial charge is 0.466 e. The lowest BCUT2D eigenvalue weighted by atomic mass is 9.63. The Bertz CT molecular complexity index is 756. The summed E-state index contributed by atoms with van der Waals surface area (Å²) in [5, 5.41) is 3.62. The highest BCUT2D eigenvalue weighted by molar-refractivity contribution is 5.93. The van der Waals surface area contributed by atoms with Gasteiger partial charge in [0.05, 0.1) is 18.1 Å². The molecule has 126 valence electrons. The first-order chi connectivity index (χ1) is 11.7. The molecular weight excluding hydrogens is 300 g/mol. The maximum Gasteiger partial charge on any atom is 0.335 e. The topological polar surface area (TPSA) is 41.6 Å². The molecule has 0 bridgehead atoms. The molecule has 4 aliphatic rings. The number of hydrogen-bond donors (Lipinski definition) is 1. The fourth-order valence-electron chi connectivity index (χ4n) is 6.11. The molecule has 0 saturated carbocycles. The Balaban J connectivity index is 1.75. The minimum absolute atomic E-state index is 0.0348. The average molecular weight is 324 g/mol. The number of fused-ring (bicyclic) bond motifs is 1. The van der Waals surface area contributed by atoms with Gasteiger partial charge in [0.1, 0.15) is 0 Å². The van der Waals surface area contributed by atoms with E-state index < -0.39 is 0 Å². The third kappa shape index (κ3) is 1.55. The molecule has 4 atom stereocenters. The zero-order valence-electron chi connectivity index (χ0n) is 14.3. The first-order valence-electron chi connectivity index (χ1n) is 9.15. The molecule has 0 amide bonds. The normalized spacial score (nSPS) is 36.2. The van der Waals surface area contributed by atoms with Crippen molar-refractivity contribution in [1.29, 1.82) is 0 Å². The van der Waals surface area contributed by atoms with Crippen molar-refractivity contribution in [2.24, 2.45) is 5.92 Å². The van der Waals surface area contributed by atoms with E-state index in [9.17, 15) is 4.79 Å². The molecule has 1 aromatic rings. The van der Waals surface area contributed by atoms with E-state index in [0.29, 0.717) is 18.0 Å². The molecule has 5 rings (SSSR count). The van der Waals surface area contributed by atoms with Crippen molar-refractivity contribution in [3.05, 3.63) is 41.1 Å². The number of ether oxygens (including phenoxy) is 1. The van der Waals surface area contributed by atoms with Crippen LogP contribution in [0.5, 0.6) is 0 Å². The summed E-state index contributed by atoms with van der Waals surface area (Å²) in [5.74, 6) is 0.407. The van der Waals surface area contributed by atoms with Crippen molar-refractivity contribution >= 4 is 11.7 Å². The van der Waals surface area contributed by atoms with E-state index in [1.165, 1.54) is 31.2 Å². The van der Waals surface area contributed by atoms with Gasteiger partial charge >= 0.3 is 5.97 Å². The lowest BCUT2D eigenvalue weighted by Crippen LogP contribution is -2.48. The Kier molecular flexibility index (Phi) is 2.94. The van der Waals surface area contributed by atoms with Gasteiger partial charge in [-0.3, -0.25) is 4.90 Å². The first kappa shape index (κ1) is 14.5. The number of carbonyl (C=O) groups is 1. The standard InChI is InChI=1S/C20H24N2O2/c1-3-13-10-12-11-14(19(23)24-2)17-20(8-9-22(13)18(12)20)15-6-4-5-7-16(15)21-17/h4-7,12-13,18,21H,3,8-11H2,1-2H3/t12-,13+,18-,20-/m1/s1. The van der Waals surface area contributed by atoms with Gasteiger partial charge in [0.25, 0.3) is 0 Å². The van der Waals surface area contributed by atoms with E-state index in [-0.39, 0.29) is 11.4 Å². The van der Waals surface area contributed by atoms with Crippen LogP contribution in [0.25, 0.3) is 0 Å². The van der Waals surface area contributed by atoms with E-state index in [0.717, 1.165) is 30.7 Å². The summed E-state index contributed by atoms with van der Waals surface area (Å²) in [6, 6.07) is 9.80. The molecule has 4 heteroatoms. The molecule has 2 fully saturated rings. The first-order valence-corrected chi connectivity index (χ1v) is 9.15. The van der Waals surface area contributed by atoms with Gasteiger partial charge < -0.3 is 10.1 Å². The van der Waals surface area contributed by atoms with Gasteiger partial charge in [-0.2, -0.15) is 0 Å². The van der Waals surface area contributed by atoms with Crippen molar-refractivity contribution < 1.29 is 9.53 Å². The lowest BCUT2D eigenvalue weighted by molar-refractivity contribution is -0.136. The maximum absolute atomic E-state index is 12.5. The summed E-state index contributed by atoms with van der Waals surface area (Å²) in [4.78, 5) is 15.3. The predicted octanol–water partition coefficient (Wildman–Crippen LogP) is 3.05. The third-order valence-corrected chi connectivity index (χ3v) is 6.90. The molecule has 3 aliphatic heterocycles. The number of hydrogen-bond acceptors (Lipinski definition) is 4. The number of anilines is 1. The Morgan fingerprint density at radius 2 is 2.25 bits per heavy atom. The summed E-state index contributed by atoms with van der Waals surface area (Å²) in [6.07, 6.45) is 4.35. The number of carbonyl (C=O) groups excluding carboxylic acids is 1. The molecule has 2 saturated heterocycles. The number of esters is 1. The molecule has 1 N–H and O–H groups in total. The highest BCUT2D eigenvalue weighted by Crippen LogP contribution is 2.62. The average Bonchev–Trinajstić information content (AvgIpc) is 3.27. The zero-order valence-corrected chi connectivity index (χ0v) is 14.3. The van der Waals surface area contributed by atoms with Crippen LogP contribution in [-0.2, 0) is 14.9 Å². The molecule has 1 aliphatic carbocycles. The van der Waals surface area contributed by atoms with Crippen molar-refractivity contribution in [1.82, 2.24) is 4.90 Å². The van der Waals surface area contributed by atoms with Crippen LogP contribution >= 0.6 is 0 Å². The zero-order chi connectivity index (χ0) is 16.5. The monoisotopic (exact) mass is 324 g/mol. The fourth-order valence-corrected chi connectivity index (χ4v) is 6.11. The molecule has 0 aromatic heterocycles. The van der Waals surface area contributed by atoms with Crippen LogP contribution in [0.3, 0.4) is 0 Å². The SMILES string of the molecule is CC[C@H]1C[C@@H]2CC(C(=O)OC)=C3Nc4ccccc4[C@]34CCN1[C@H]24. The number of para-hydroxylation sites is 1. The lowest BCUT2D eigenvalue weighted by Gasteiger charge is -2.41. The van der Waals surface area contributed by atoms with Gasteiger partial charge in [0.15, 0.2) is 0 Å². The molecule has 24 heavy (non-hydrogen) atoms. The van der Waals surface area contributed by atoms with Crippen LogP contribution in [0.1, 0.15) is 38.2 Å². The van der Waals surface area contributed by atoms with Crippen LogP contribution in [0.4, 0.5) is 5.69 Å². The molecule has 1 aromatic carbocycles. The molecule has 1 spiro atoms. The minimum atomic E-state index is -0.151. The summed E-state index contributed by atoms with van der Waals surface area (Å²) in [6.45, 7) is 3.43. The van der Waals surface area contributed by atoms with E-state index in [1.54, 1.807) is 0 Å². The number of methoxy groups -OCH3 is 1. The van der Waals surface area contributed by atoms with Crippen LogP contribution in [0, 0.1) is 5.92 Å². The molecular formula is C20H24N2O2. The molecule has 0 radical (unpaired) electrons. The Morgan fingerprint density at radius 1 is 1.42 bits per heavy atom. The molecule has 0 unspecified atom stereocenters. The van der Waals surface area contributed by atoms with Crippen LogP contribution in [0.15, 0.2) is 35.5 Å². The van der Waals surface area contributed by atoms with Gasteiger partial charge in [-0.1, -0.05) is 25.1 Å². The smallest absolute Gasteiger partial charge is 0.335 e. The van der Waals surface area contributed by atoms with Crippen molar-refractivity contribution in [3.8, 4) is 0 Å². The quantitative estimate of drug-likeness (QED) is 0.849. The van der Waals surface area contributed by atoms with Gasteiger partial charge in [0.2, 0.25) is 0 Å². The fraction of sp³-hybridized carbons (Fsp3) is 0.550. The van der Waals surface area contributed by atoms with Crippen molar-refractivity contribution in [2.75, 3.05) is 19.0 Å². The second-order valence-corrected chi connectivity index (χ2v) is 7.68. The Labute approximate surface area is 142 Å². The Morgan fingerprint density at radius 3 is 3.04 bits per heavy atom. The minimum Gasteiger partial charge on any atom is -0.466 e. The number of rotatable bonds is 2. The summed E-state index contributed by atoms with van der Waals surface area (Å²) >= 11 is 0. The van der Waals surface area contributed by atoms with Crippen molar-refractivity contribution in [3.63, 3.8) is 0 Å². The summed E-state index contributed by atoms with van der Waals surface area (Å²) in [7, 11) is 1.50. The van der Waals surface area contributed by atoms with Crippen molar-refractivity contribution in [2.45, 2.75) is 50.1 Å². The maximum atomic E-state index is 12.5. The summed E-state index contributed by atoms with van der Waals surface area (Å²) < 4.78 is 5.15. The summed E-state index contributed by atoms with van der Waals surface area (Å²) in [5.41, 5.74) is 4.55. The number of benzene rings is 1. The second-order valence-electron chi connectivity index (χ2n) is 7.68. The van der Waals surface area contributed by atoms with Crippen LogP contribution in [0.2, 0.25) is 0 Å². The number of nitrogens with one attached hydrogen (secondary N) is 1. The van der Waals surface area contributed by atoms with Crippen LogP contribution in [-0.4, -0.2) is 36.6 Å². The Hall–Kier alpha value is -1.81. The molecule has 3 heterocycles. The highest BCUT2D eigenvalue weighted by atomic mass is 16.5. The number of nitrogens with zero attached hydrogens (tertiary/aromatic N) is 1. The highest BCUT2D eigenvalue weighted by Gasteiger charge is 2.64. The van der Waals surface area contributed by atoms with Gasteiger partial charge in [0, 0.05) is 30.0 Å². The van der Waals surface area contributed by atoms with E-state index >= 15 is 0 Å². The van der Waals surface area contributed by atoms with E-state index in [1.807, 2.05) is 0 Å². The van der Waals surface area contributed by atoms with E-state index in [2.05, 4.69) is 41.4 Å². The van der Waals surface area contributed by atoms with E-state index in [4.69, 9.17) is 4.74 Å². The molecule has 4 nitrogen and oxygen atoms in total.